The maximum Gasteiger partial charge on any atom is 0.346 e. The third kappa shape index (κ3) is 4.45. The van der Waals surface area contributed by atoms with Crippen molar-refractivity contribution in [1.29, 1.82) is 0 Å². The Morgan fingerprint density at radius 2 is 2.10 bits per heavy atom. The quantitative estimate of drug-likeness (QED) is 0.800. The van der Waals surface area contributed by atoms with Crippen LogP contribution in [-0.2, 0) is 4.74 Å². The molecule has 2 heterocycles. The number of hydrogen-bond acceptors (Lipinski definition) is 4. The maximum absolute atomic E-state index is 11.2. The fourth-order valence-electron chi connectivity index (χ4n) is 1.67. The minimum absolute atomic E-state index is 0. The van der Waals surface area contributed by atoms with E-state index >= 15 is 0 Å². The molecule has 0 bridgehead atoms. The zero-order chi connectivity index (χ0) is 14.4. The van der Waals surface area contributed by atoms with Gasteiger partial charge in [-0.05, 0) is 29.9 Å². The van der Waals surface area contributed by atoms with Crippen LogP contribution in [0.25, 0.3) is 10.9 Å². The molecule has 110 valence electrons. The number of ether oxygens (including phenoxy) is 1. The molecular formula is C17H19NO3. The highest BCUT2D eigenvalue weighted by molar-refractivity contribution is 5.76. The van der Waals surface area contributed by atoms with Gasteiger partial charge in [0.1, 0.15) is 6.61 Å². The lowest BCUT2D eigenvalue weighted by atomic mass is 10.2. The summed E-state index contributed by atoms with van der Waals surface area (Å²) in [5.41, 5.74) is 1.50. The Hall–Kier alpha value is -2.62. The first kappa shape index (κ1) is 16.4. The highest BCUT2D eigenvalue weighted by atomic mass is 16.5. The number of hydrogen-bond donors (Lipinski definition) is 0. The van der Waals surface area contributed by atoms with E-state index < -0.39 is 0 Å². The summed E-state index contributed by atoms with van der Waals surface area (Å²) in [5.74, 6) is 0.402. The number of rotatable bonds is 1. The Labute approximate surface area is 124 Å². The van der Waals surface area contributed by atoms with Crippen LogP contribution >= 0.6 is 0 Å². The molecule has 0 unspecified atom stereocenters. The van der Waals surface area contributed by atoms with E-state index in [1.165, 1.54) is 0 Å². The van der Waals surface area contributed by atoms with Crippen molar-refractivity contribution in [2.75, 3.05) is 6.61 Å². The van der Waals surface area contributed by atoms with Gasteiger partial charge in [0.25, 0.3) is 0 Å². The van der Waals surface area contributed by atoms with Gasteiger partial charge in [-0.3, -0.25) is 0 Å². The number of para-hydroxylation sites is 1. The van der Waals surface area contributed by atoms with Crippen LogP contribution in [0, 0.1) is 6.92 Å². The topological polar surface area (TPSA) is 52.3 Å². The minimum Gasteiger partial charge on any atom is -0.497 e. The van der Waals surface area contributed by atoms with E-state index in [1.54, 1.807) is 37.5 Å². The van der Waals surface area contributed by atoms with Gasteiger partial charge in [0.05, 0.1) is 17.2 Å². The predicted octanol–water partition coefficient (Wildman–Crippen LogP) is 3.78. The molecule has 1 aliphatic rings. The second-order valence-electron chi connectivity index (χ2n) is 4.08. The van der Waals surface area contributed by atoms with Crippen LogP contribution in [0.1, 0.15) is 13.3 Å². The van der Waals surface area contributed by atoms with Crippen molar-refractivity contribution < 1.29 is 9.15 Å². The first-order chi connectivity index (χ1) is 9.70. The van der Waals surface area contributed by atoms with Crippen molar-refractivity contribution in [1.82, 2.24) is 4.98 Å². The average Bonchev–Trinajstić information content (AvgIpc) is 2.48. The molecule has 4 heteroatoms. The number of benzene rings is 1. The molecule has 0 atom stereocenters. The molecule has 2 aromatic rings. The van der Waals surface area contributed by atoms with E-state index in [9.17, 15) is 4.79 Å². The molecule has 0 radical (unpaired) electrons. The van der Waals surface area contributed by atoms with Gasteiger partial charge >= 0.3 is 5.63 Å². The van der Waals surface area contributed by atoms with Gasteiger partial charge in [-0.25, -0.2) is 9.78 Å². The molecule has 0 amide bonds. The zero-order valence-corrected chi connectivity index (χ0v) is 11.2. The third-order valence-electron chi connectivity index (χ3n) is 2.65. The fourth-order valence-corrected chi connectivity index (χ4v) is 1.67. The molecule has 1 aliphatic heterocycles. The Morgan fingerprint density at radius 3 is 2.71 bits per heavy atom. The lowest BCUT2D eigenvalue weighted by Gasteiger charge is -2.01. The number of fused-ring (bicyclic) bond motifs is 1. The van der Waals surface area contributed by atoms with Crippen LogP contribution in [0.15, 0.2) is 70.1 Å². The summed E-state index contributed by atoms with van der Waals surface area (Å²) in [6, 6.07) is 7.12. The monoisotopic (exact) mass is 285 g/mol. The molecule has 0 saturated carbocycles. The van der Waals surface area contributed by atoms with Crippen LogP contribution in [0.5, 0.6) is 0 Å². The molecule has 0 spiro atoms. The summed E-state index contributed by atoms with van der Waals surface area (Å²) in [7, 11) is 0. The highest BCUT2D eigenvalue weighted by Crippen LogP contribution is 2.06. The zero-order valence-electron chi connectivity index (χ0n) is 11.2. The smallest absolute Gasteiger partial charge is 0.346 e. The molecule has 1 aromatic carbocycles. The molecule has 0 fully saturated rings. The van der Waals surface area contributed by atoms with Crippen molar-refractivity contribution >= 4 is 10.9 Å². The van der Waals surface area contributed by atoms with E-state index in [4.69, 9.17) is 9.15 Å². The summed E-state index contributed by atoms with van der Waals surface area (Å²) in [5, 5.41) is 0.531. The number of allylic oxidation sites excluding steroid dienone is 3. The summed E-state index contributed by atoms with van der Waals surface area (Å²) >= 11 is 0. The van der Waals surface area contributed by atoms with Crippen molar-refractivity contribution in [3.8, 4) is 0 Å². The van der Waals surface area contributed by atoms with Crippen molar-refractivity contribution in [2.45, 2.75) is 14.4 Å². The maximum atomic E-state index is 11.2. The lowest BCUT2D eigenvalue weighted by Crippen LogP contribution is -2.02. The van der Waals surface area contributed by atoms with Gasteiger partial charge in [0.15, 0.2) is 5.89 Å². The normalized spacial score (nSPS) is 12.3. The van der Waals surface area contributed by atoms with Crippen molar-refractivity contribution in [3.05, 3.63) is 77.2 Å². The number of aromatic nitrogens is 1. The first-order valence-electron chi connectivity index (χ1n) is 6.18. The highest BCUT2D eigenvalue weighted by Gasteiger charge is 2.00. The van der Waals surface area contributed by atoms with E-state index in [1.807, 2.05) is 18.2 Å². The molecule has 0 aliphatic carbocycles. The predicted molar refractivity (Wildman–Crippen MR) is 85.1 cm³/mol. The van der Waals surface area contributed by atoms with Gasteiger partial charge in [-0.1, -0.05) is 32.2 Å². The molecule has 1 aromatic heterocycles. The number of nitrogens with zero attached hydrogens (tertiary/aromatic N) is 1. The lowest BCUT2D eigenvalue weighted by molar-refractivity contribution is 0.285. The Morgan fingerprint density at radius 1 is 1.33 bits per heavy atom. The Kier molecular flexibility index (Phi) is 6.14. The van der Waals surface area contributed by atoms with Crippen LogP contribution in [0.4, 0.5) is 0 Å². The van der Waals surface area contributed by atoms with Gasteiger partial charge < -0.3 is 9.15 Å². The molecule has 4 nitrogen and oxygen atoms in total. The SMILES string of the molecule is C.C=CC1=CCOC=C1.Cc1nc2ccccc2c(=O)o1. The largest absolute Gasteiger partial charge is 0.497 e. The van der Waals surface area contributed by atoms with Crippen LogP contribution in [0.2, 0.25) is 0 Å². The molecule has 0 N–H and O–H groups in total. The average molecular weight is 285 g/mol. The van der Waals surface area contributed by atoms with E-state index in [-0.39, 0.29) is 13.1 Å². The summed E-state index contributed by atoms with van der Waals surface area (Å²) in [4.78, 5) is 15.3. The van der Waals surface area contributed by atoms with Crippen LogP contribution < -0.4 is 5.63 Å². The van der Waals surface area contributed by atoms with Gasteiger partial charge in [-0.2, -0.15) is 0 Å². The Balaban J connectivity index is 0.000000216. The van der Waals surface area contributed by atoms with Gasteiger partial charge in [0.2, 0.25) is 0 Å². The van der Waals surface area contributed by atoms with Crippen molar-refractivity contribution in [2.24, 2.45) is 0 Å². The van der Waals surface area contributed by atoms with Crippen molar-refractivity contribution in [3.63, 3.8) is 0 Å². The third-order valence-corrected chi connectivity index (χ3v) is 2.65. The van der Waals surface area contributed by atoms with Crippen LogP contribution in [-0.4, -0.2) is 11.6 Å². The number of aryl methyl sites for hydroxylation is 1. The molecule has 3 rings (SSSR count). The fraction of sp³-hybridized carbons (Fsp3) is 0.176. The minimum atomic E-state index is -0.321. The van der Waals surface area contributed by atoms with E-state index in [0.29, 0.717) is 23.4 Å². The summed E-state index contributed by atoms with van der Waals surface area (Å²) in [6.07, 6.45) is 7.35. The molecule has 21 heavy (non-hydrogen) atoms. The Bertz CT molecular complexity index is 726. The van der Waals surface area contributed by atoms with E-state index in [2.05, 4.69) is 11.6 Å². The molecular weight excluding hydrogens is 266 g/mol. The summed E-state index contributed by atoms with van der Waals surface area (Å²) in [6.45, 7) is 5.95. The summed E-state index contributed by atoms with van der Waals surface area (Å²) < 4.78 is 9.72. The van der Waals surface area contributed by atoms with Gasteiger partial charge in [0, 0.05) is 6.92 Å². The van der Waals surface area contributed by atoms with E-state index in [0.717, 1.165) is 5.57 Å². The first-order valence-corrected chi connectivity index (χ1v) is 6.18. The standard InChI is InChI=1S/C9H7NO2.C7H8O.CH4/c1-6-10-8-5-3-2-4-7(8)9(11)12-6;1-2-7-3-5-8-6-4-7;/h2-5H,1H3;2-5H,1,6H2;1H4. The second kappa shape index (κ2) is 7.85. The van der Waals surface area contributed by atoms with Gasteiger partial charge in [-0.15, -0.1) is 0 Å². The molecule has 0 saturated heterocycles. The van der Waals surface area contributed by atoms with Crippen LogP contribution in [0.3, 0.4) is 0 Å². The second-order valence-corrected chi connectivity index (χ2v) is 4.08.